The number of methoxy groups -OCH3 is 3. The van der Waals surface area contributed by atoms with Gasteiger partial charge in [0.05, 0.1) is 33.4 Å². The predicted molar refractivity (Wildman–Crippen MR) is 106 cm³/mol. The van der Waals surface area contributed by atoms with Crippen LogP contribution in [0.2, 0.25) is 0 Å². The van der Waals surface area contributed by atoms with Crippen LogP contribution < -0.4 is 19.5 Å². The number of hydrogen-bond acceptors (Lipinski definition) is 6. The Balaban J connectivity index is 1.77. The van der Waals surface area contributed by atoms with E-state index in [1.807, 2.05) is 0 Å². The molecule has 7 nitrogen and oxygen atoms in total. The van der Waals surface area contributed by atoms with Gasteiger partial charge in [-0.05, 0) is 35.9 Å². The summed E-state index contributed by atoms with van der Waals surface area (Å²) in [4.78, 5) is 20.6. The summed E-state index contributed by atoms with van der Waals surface area (Å²) in [6.45, 7) is 0. The number of anilines is 1. The number of aromatic nitrogens is 2. The molecule has 0 fully saturated rings. The lowest BCUT2D eigenvalue weighted by molar-refractivity contribution is -0.115. The molecule has 1 heterocycles. The Morgan fingerprint density at radius 1 is 0.931 bits per heavy atom. The van der Waals surface area contributed by atoms with Crippen molar-refractivity contribution in [3.63, 3.8) is 0 Å². The van der Waals surface area contributed by atoms with Gasteiger partial charge >= 0.3 is 0 Å². The van der Waals surface area contributed by atoms with E-state index >= 15 is 0 Å². The third kappa shape index (κ3) is 4.78. The van der Waals surface area contributed by atoms with E-state index in [0.717, 1.165) is 5.56 Å². The Hall–Kier alpha value is -3.68. The molecule has 0 saturated carbocycles. The SMILES string of the molecule is COc1ccc(CC(=O)Nc2cc(-c3cc(F)ccc3OC)ncn2)cc1OC. The third-order valence-electron chi connectivity index (χ3n) is 4.18. The minimum atomic E-state index is -0.418. The molecule has 0 aliphatic carbocycles. The van der Waals surface area contributed by atoms with Gasteiger partial charge in [-0.15, -0.1) is 0 Å². The summed E-state index contributed by atoms with van der Waals surface area (Å²) in [5, 5.41) is 2.72. The third-order valence-corrected chi connectivity index (χ3v) is 4.18. The maximum atomic E-state index is 13.7. The number of rotatable bonds is 7. The summed E-state index contributed by atoms with van der Waals surface area (Å²) in [6.07, 6.45) is 1.41. The van der Waals surface area contributed by atoms with E-state index in [4.69, 9.17) is 14.2 Å². The first-order chi connectivity index (χ1) is 14.0. The van der Waals surface area contributed by atoms with Crippen molar-refractivity contribution < 1.29 is 23.4 Å². The Morgan fingerprint density at radius 3 is 2.38 bits per heavy atom. The zero-order valence-corrected chi connectivity index (χ0v) is 16.2. The highest BCUT2D eigenvalue weighted by Gasteiger charge is 2.12. The van der Waals surface area contributed by atoms with Crippen molar-refractivity contribution in [3.05, 3.63) is 60.2 Å². The molecule has 8 heteroatoms. The number of carbonyl (C=O) groups excluding carboxylic acids is 1. The number of amides is 1. The first-order valence-electron chi connectivity index (χ1n) is 8.70. The largest absolute Gasteiger partial charge is 0.496 e. The molecule has 0 spiro atoms. The normalized spacial score (nSPS) is 10.3. The van der Waals surface area contributed by atoms with Gasteiger partial charge in [0.1, 0.15) is 23.7 Å². The Bertz CT molecular complexity index is 1030. The van der Waals surface area contributed by atoms with Crippen molar-refractivity contribution in [3.8, 4) is 28.5 Å². The summed E-state index contributed by atoms with van der Waals surface area (Å²) < 4.78 is 29.4. The molecule has 0 aliphatic rings. The molecule has 1 aromatic heterocycles. The van der Waals surface area contributed by atoms with Crippen LogP contribution in [0.25, 0.3) is 11.3 Å². The summed E-state index contributed by atoms with van der Waals surface area (Å²) >= 11 is 0. The van der Waals surface area contributed by atoms with Crippen molar-refractivity contribution in [1.82, 2.24) is 9.97 Å². The van der Waals surface area contributed by atoms with Crippen LogP contribution >= 0.6 is 0 Å². The van der Waals surface area contributed by atoms with Crippen LogP contribution in [-0.2, 0) is 11.2 Å². The lowest BCUT2D eigenvalue weighted by atomic mass is 10.1. The van der Waals surface area contributed by atoms with E-state index in [2.05, 4.69) is 15.3 Å². The zero-order chi connectivity index (χ0) is 20.8. The molecule has 3 rings (SSSR count). The van der Waals surface area contributed by atoms with Gasteiger partial charge in [-0.3, -0.25) is 4.79 Å². The molecule has 0 unspecified atom stereocenters. The maximum absolute atomic E-state index is 13.7. The van der Waals surface area contributed by atoms with Gasteiger partial charge < -0.3 is 19.5 Å². The first kappa shape index (κ1) is 20.1. The van der Waals surface area contributed by atoms with Crippen molar-refractivity contribution in [1.29, 1.82) is 0 Å². The van der Waals surface area contributed by atoms with Crippen LogP contribution in [0.1, 0.15) is 5.56 Å². The minimum absolute atomic E-state index is 0.114. The van der Waals surface area contributed by atoms with Gasteiger partial charge in [-0.1, -0.05) is 6.07 Å². The molecule has 0 aliphatic heterocycles. The van der Waals surface area contributed by atoms with Crippen LogP contribution in [0.4, 0.5) is 10.2 Å². The van der Waals surface area contributed by atoms with Crippen LogP contribution in [0.3, 0.4) is 0 Å². The molecule has 0 radical (unpaired) electrons. The van der Waals surface area contributed by atoms with E-state index in [1.54, 1.807) is 31.4 Å². The smallest absolute Gasteiger partial charge is 0.229 e. The number of carbonyl (C=O) groups is 1. The van der Waals surface area contributed by atoms with Gasteiger partial charge in [0.2, 0.25) is 5.91 Å². The molecule has 0 bridgehead atoms. The topological polar surface area (TPSA) is 82.6 Å². The fraction of sp³-hybridized carbons (Fsp3) is 0.190. The van der Waals surface area contributed by atoms with E-state index in [1.165, 1.54) is 38.7 Å². The minimum Gasteiger partial charge on any atom is -0.496 e. The standard InChI is InChI=1S/C21H20FN3O4/c1-27-17-7-5-14(22)10-15(17)16-11-20(24-12-23-16)25-21(26)9-13-4-6-18(28-2)19(8-13)29-3/h4-8,10-12H,9H2,1-3H3,(H,23,24,25,26). The molecule has 150 valence electrons. The highest BCUT2D eigenvalue weighted by Crippen LogP contribution is 2.30. The lowest BCUT2D eigenvalue weighted by Crippen LogP contribution is -2.15. The van der Waals surface area contributed by atoms with E-state index < -0.39 is 5.82 Å². The molecular formula is C21H20FN3O4. The monoisotopic (exact) mass is 397 g/mol. The van der Waals surface area contributed by atoms with E-state index in [9.17, 15) is 9.18 Å². The Kier molecular flexibility index (Phi) is 6.23. The molecule has 2 aromatic carbocycles. The fourth-order valence-electron chi connectivity index (χ4n) is 2.82. The predicted octanol–water partition coefficient (Wildman–Crippen LogP) is 3.49. The molecule has 3 aromatic rings. The summed E-state index contributed by atoms with van der Waals surface area (Å²) in [5.74, 6) is 1.20. The second kappa shape index (κ2) is 9.01. The summed E-state index contributed by atoms with van der Waals surface area (Å²) in [7, 11) is 4.57. The maximum Gasteiger partial charge on any atom is 0.229 e. The summed E-state index contributed by atoms with van der Waals surface area (Å²) in [5.41, 5.74) is 1.64. The van der Waals surface area contributed by atoms with E-state index in [-0.39, 0.29) is 12.3 Å². The highest BCUT2D eigenvalue weighted by atomic mass is 19.1. The van der Waals surface area contributed by atoms with Crippen molar-refractivity contribution in [2.75, 3.05) is 26.6 Å². The van der Waals surface area contributed by atoms with Crippen LogP contribution in [0, 0.1) is 5.82 Å². The number of benzene rings is 2. The average Bonchev–Trinajstić information content (AvgIpc) is 2.73. The lowest BCUT2D eigenvalue weighted by Gasteiger charge is -2.11. The van der Waals surface area contributed by atoms with Crippen LogP contribution in [0.5, 0.6) is 17.2 Å². The molecule has 0 atom stereocenters. The van der Waals surface area contributed by atoms with Gasteiger partial charge in [-0.25, -0.2) is 14.4 Å². The van der Waals surface area contributed by atoms with Crippen molar-refractivity contribution in [2.24, 2.45) is 0 Å². The van der Waals surface area contributed by atoms with Gasteiger partial charge in [0, 0.05) is 11.6 Å². The molecular weight excluding hydrogens is 377 g/mol. The fourth-order valence-corrected chi connectivity index (χ4v) is 2.82. The zero-order valence-electron chi connectivity index (χ0n) is 16.2. The first-order valence-corrected chi connectivity index (χ1v) is 8.70. The number of halogens is 1. The molecule has 1 N–H and O–H groups in total. The molecule has 0 saturated heterocycles. The second-order valence-electron chi connectivity index (χ2n) is 6.05. The number of nitrogens with one attached hydrogen (secondary N) is 1. The van der Waals surface area contributed by atoms with Gasteiger partial charge in [0.15, 0.2) is 11.5 Å². The number of nitrogens with zero attached hydrogens (tertiary/aromatic N) is 2. The van der Waals surface area contributed by atoms with Crippen molar-refractivity contribution in [2.45, 2.75) is 6.42 Å². The van der Waals surface area contributed by atoms with Crippen LogP contribution in [-0.4, -0.2) is 37.2 Å². The molecule has 29 heavy (non-hydrogen) atoms. The summed E-state index contributed by atoms with van der Waals surface area (Å²) in [6, 6.07) is 10.9. The van der Waals surface area contributed by atoms with Crippen LogP contribution in [0.15, 0.2) is 48.8 Å². The second-order valence-corrected chi connectivity index (χ2v) is 6.05. The number of ether oxygens (including phenoxy) is 3. The quantitative estimate of drug-likeness (QED) is 0.657. The molecule has 1 amide bonds. The van der Waals surface area contributed by atoms with E-state index in [0.29, 0.717) is 34.3 Å². The van der Waals surface area contributed by atoms with Gasteiger partial charge in [0.25, 0.3) is 0 Å². The number of hydrogen-bond donors (Lipinski definition) is 1. The Morgan fingerprint density at radius 2 is 1.66 bits per heavy atom. The Labute approximate surface area is 167 Å². The van der Waals surface area contributed by atoms with Gasteiger partial charge in [-0.2, -0.15) is 0 Å². The highest BCUT2D eigenvalue weighted by molar-refractivity contribution is 5.92. The average molecular weight is 397 g/mol. The van der Waals surface area contributed by atoms with Crippen molar-refractivity contribution >= 4 is 11.7 Å².